The van der Waals surface area contributed by atoms with Gasteiger partial charge in [0.15, 0.2) is 11.3 Å². The number of para-hydroxylation sites is 1. The molecule has 0 spiro atoms. The average Bonchev–Trinajstić information content (AvgIpc) is 2.95. The van der Waals surface area contributed by atoms with Gasteiger partial charge in [-0.3, -0.25) is 4.79 Å². The van der Waals surface area contributed by atoms with Crippen molar-refractivity contribution in [3.8, 4) is 16.9 Å². The van der Waals surface area contributed by atoms with Crippen molar-refractivity contribution in [1.82, 2.24) is 19.6 Å². The number of carbonyl (C=O) groups is 1. The van der Waals surface area contributed by atoms with Gasteiger partial charge in [0.25, 0.3) is 0 Å². The van der Waals surface area contributed by atoms with E-state index in [1.807, 2.05) is 37.3 Å². The highest BCUT2D eigenvalue weighted by molar-refractivity contribution is 9.10. The summed E-state index contributed by atoms with van der Waals surface area (Å²) in [5.41, 5.74) is 3.92. The lowest BCUT2D eigenvalue weighted by atomic mass is 10.1. The molecule has 0 radical (unpaired) electrons. The van der Waals surface area contributed by atoms with Crippen molar-refractivity contribution in [2.75, 3.05) is 0 Å². The lowest BCUT2D eigenvalue weighted by Gasteiger charge is -2.11. The summed E-state index contributed by atoms with van der Waals surface area (Å²) in [4.78, 5) is 20.4. The zero-order valence-corrected chi connectivity index (χ0v) is 15.1. The summed E-state index contributed by atoms with van der Waals surface area (Å²) >= 11 is 3.53. The van der Waals surface area contributed by atoms with Crippen molar-refractivity contribution in [2.45, 2.75) is 13.8 Å². The summed E-state index contributed by atoms with van der Waals surface area (Å²) < 4.78 is 7.68. The van der Waals surface area contributed by atoms with Gasteiger partial charge in [0.1, 0.15) is 10.4 Å². The van der Waals surface area contributed by atoms with Crippen molar-refractivity contribution in [1.29, 1.82) is 0 Å². The first kappa shape index (κ1) is 15.7. The van der Waals surface area contributed by atoms with Crippen LogP contribution in [0.5, 0.6) is 5.75 Å². The molecule has 25 heavy (non-hydrogen) atoms. The Balaban J connectivity index is 1.96. The molecule has 3 heterocycles. The minimum absolute atomic E-state index is 0.368. The normalized spacial score (nSPS) is 11.2. The van der Waals surface area contributed by atoms with Crippen molar-refractivity contribution in [2.24, 2.45) is 0 Å². The summed E-state index contributed by atoms with van der Waals surface area (Å²) in [6.07, 6.45) is 1.77. The van der Waals surface area contributed by atoms with Gasteiger partial charge in [0.05, 0.1) is 5.69 Å². The number of benzene rings is 1. The molecule has 124 valence electrons. The van der Waals surface area contributed by atoms with Crippen LogP contribution in [0.15, 0.2) is 47.2 Å². The standard InChI is InChI=1S/C18H13BrN4O2/c1-10-7-16-20-9-12-8-14(17(19)21-18(12)23(16)22-10)13-5-3-4-6-15(13)25-11(2)24/h3-9H,1-2H3. The molecule has 0 fully saturated rings. The number of fused-ring (bicyclic) bond motifs is 3. The molecular formula is C18H13BrN4O2. The quantitative estimate of drug-likeness (QED) is 0.291. The lowest BCUT2D eigenvalue weighted by Crippen LogP contribution is -2.03. The first-order valence-electron chi connectivity index (χ1n) is 7.62. The Labute approximate surface area is 151 Å². The summed E-state index contributed by atoms with van der Waals surface area (Å²) in [6.45, 7) is 3.30. The molecule has 0 aliphatic rings. The van der Waals surface area contributed by atoms with E-state index in [0.717, 1.165) is 27.9 Å². The number of aryl methyl sites for hydroxylation is 1. The first-order chi connectivity index (χ1) is 12.0. The summed E-state index contributed by atoms with van der Waals surface area (Å²) in [5, 5.41) is 5.28. The Kier molecular flexibility index (Phi) is 3.73. The molecule has 4 aromatic rings. The Morgan fingerprint density at radius 3 is 2.80 bits per heavy atom. The Bertz CT molecular complexity index is 1140. The van der Waals surface area contributed by atoms with E-state index in [9.17, 15) is 4.79 Å². The molecule has 4 rings (SSSR count). The van der Waals surface area contributed by atoms with E-state index in [2.05, 4.69) is 31.0 Å². The van der Waals surface area contributed by atoms with Gasteiger partial charge in [-0.25, -0.2) is 9.97 Å². The lowest BCUT2D eigenvalue weighted by molar-refractivity contribution is -0.131. The zero-order valence-electron chi connectivity index (χ0n) is 13.5. The number of rotatable bonds is 2. The summed E-state index contributed by atoms with van der Waals surface area (Å²) in [5.74, 6) is 0.119. The molecule has 0 saturated carbocycles. The van der Waals surface area contributed by atoms with Gasteiger partial charge in [0, 0.05) is 35.7 Å². The highest BCUT2D eigenvalue weighted by atomic mass is 79.9. The average molecular weight is 397 g/mol. The molecular weight excluding hydrogens is 384 g/mol. The molecule has 0 atom stereocenters. The minimum Gasteiger partial charge on any atom is -0.426 e. The van der Waals surface area contributed by atoms with Gasteiger partial charge in [0.2, 0.25) is 0 Å². The van der Waals surface area contributed by atoms with Gasteiger partial charge in [-0.15, -0.1) is 0 Å². The third-order valence-corrected chi connectivity index (χ3v) is 4.37. The first-order valence-corrected chi connectivity index (χ1v) is 8.41. The van der Waals surface area contributed by atoms with Crippen LogP contribution in [0.4, 0.5) is 0 Å². The van der Waals surface area contributed by atoms with Crippen LogP contribution in [0.3, 0.4) is 0 Å². The molecule has 0 unspecified atom stereocenters. The smallest absolute Gasteiger partial charge is 0.308 e. The number of esters is 1. The number of nitrogens with zero attached hydrogens (tertiary/aromatic N) is 4. The largest absolute Gasteiger partial charge is 0.426 e. The fourth-order valence-electron chi connectivity index (χ4n) is 2.75. The van der Waals surface area contributed by atoms with E-state index < -0.39 is 0 Å². The Hall–Kier alpha value is -2.80. The topological polar surface area (TPSA) is 69.4 Å². The molecule has 7 heteroatoms. The fraction of sp³-hybridized carbons (Fsp3) is 0.111. The molecule has 1 aromatic carbocycles. The summed E-state index contributed by atoms with van der Waals surface area (Å²) in [6, 6.07) is 11.2. The van der Waals surface area contributed by atoms with Crippen molar-refractivity contribution < 1.29 is 9.53 Å². The van der Waals surface area contributed by atoms with Crippen molar-refractivity contribution >= 4 is 38.6 Å². The maximum atomic E-state index is 11.4. The van der Waals surface area contributed by atoms with Crippen LogP contribution in [0, 0.1) is 6.92 Å². The molecule has 0 bridgehead atoms. The minimum atomic E-state index is -0.368. The van der Waals surface area contributed by atoms with Crippen LogP contribution < -0.4 is 4.74 Å². The number of hydrogen-bond donors (Lipinski definition) is 0. The van der Waals surface area contributed by atoms with E-state index in [-0.39, 0.29) is 5.97 Å². The third-order valence-electron chi connectivity index (χ3n) is 3.76. The maximum absolute atomic E-state index is 11.4. The molecule has 0 saturated heterocycles. The fourth-order valence-corrected chi connectivity index (χ4v) is 3.25. The van der Waals surface area contributed by atoms with E-state index in [0.29, 0.717) is 16.0 Å². The van der Waals surface area contributed by atoms with Gasteiger partial charge >= 0.3 is 5.97 Å². The highest BCUT2D eigenvalue weighted by Crippen LogP contribution is 2.36. The van der Waals surface area contributed by atoms with Crippen LogP contribution >= 0.6 is 15.9 Å². The van der Waals surface area contributed by atoms with Crippen LogP contribution in [0.1, 0.15) is 12.6 Å². The van der Waals surface area contributed by atoms with Crippen molar-refractivity contribution in [3.05, 3.63) is 52.9 Å². The Morgan fingerprint density at radius 1 is 1.20 bits per heavy atom. The predicted molar refractivity (Wildman–Crippen MR) is 97.5 cm³/mol. The van der Waals surface area contributed by atoms with Crippen molar-refractivity contribution in [3.63, 3.8) is 0 Å². The second kappa shape index (κ2) is 5.93. The van der Waals surface area contributed by atoms with Gasteiger partial charge < -0.3 is 4.74 Å². The second-order valence-corrected chi connectivity index (χ2v) is 6.39. The van der Waals surface area contributed by atoms with Crippen LogP contribution in [-0.4, -0.2) is 25.6 Å². The van der Waals surface area contributed by atoms with E-state index in [4.69, 9.17) is 4.74 Å². The predicted octanol–water partition coefficient (Wildman–Crippen LogP) is 3.94. The molecule has 0 N–H and O–H groups in total. The Morgan fingerprint density at radius 2 is 2.00 bits per heavy atom. The van der Waals surface area contributed by atoms with Gasteiger partial charge in [-0.2, -0.15) is 9.61 Å². The van der Waals surface area contributed by atoms with Gasteiger partial charge in [-0.05, 0) is 35.0 Å². The number of aromatic nitrogens is 4. The van der Waals surface area contributed by atoms with E-state index in [1.165, 1.54) is 6.92 Å². The molecule has 0 aliphatic heterocycles. The monoisotopic (exact) mass is 396 g/mol. The van der Waals surface area contributed by atoms with Gasteiger partial charge in [-0.1, -0.05) is 18.2 Å². The maximum Gasteiger partial charge on any atom is 0.308 e. The molecule has 6 nitrogen and oxygen atoms in total. The molecule has 0 aliphatic carbocycles. The number of pyridine rings is 1. The number of halogens is 1. The van der Waals surface area contributed by atoms with Crippen LogP contribution in [0.2, 0.25) is 0 Å². The van der Waals surface area contributed by atoms with Crippen LogP contribution in [-0.2, 0) is 4.79 Å². The number of hydrogen-bond acceptors (Lipinski definition) is 5. The number of carbonyl (C=O) groups excluding carboxylic acids is 1. The molecule has 0 amide bonds. The second-order valence-electron chi connectivity index (χ2n) is 5.64. The number of ether oxygens (including phenoxy) is 1. The zero-order chi connectivity index (χ0) is 17.6. The van der Waals surface area contributed by atoms with E-state index in [1.54, 1.807) is 16.8 Å². The third kappa shape index (κ3) is 2.76. The SMILES string of the molecule is CC(=O)Oc1ccccc1-c1cc2cnc3cc(C)nn3c2nc1Br. The highest BCUT2D eigenvalue weighted by Gasteiger charge is 2.15. The van der Waals surface area contributed by atoms with E-state index >= 15 is 0 Å². The summed E-state index contributed by atoms with van der Waals surface area (Å²) in [7, 11) is 0. The van der Waals surface area contributed by atoms with Crippen LogP contribution in [0.25, 0.3) is 27.8 Å². The molecule has 3 aromatic heterocycles.